The summed E-state index contributed by atoms with van der Waals surface area (Å²) in [5, 5.41) is 3.53. The number of amidine groups is 1. The SMILES string of the molecule is O=C1NC(SC/C=C/c2ccccc2)=NC2NNCC12. The number of rotatable bonds is 3. The minimum Gasteiger partial charge on any atom is -0.305 e. The van der Waals surface area contributed by atoms with Crippen LogP contribution in [0.5, 0.6) is 0 Å². The van der Waals surface area contributed by atoms with Crippen LogP contribution >= 0.6 is 11.8 Å². The lowest BCUT2D eigenvalue weighted by Gasteiger charge is -2.21. The molecule has 1 aromatic carbocycles. The predicted molar refractivity (Wildman–Crippen MR) is 81.9 cm³/mol. The zero-order chi connectivity index (χ0) is 13.8. The molecule has 20 heavy (non-hydrogen) atoms. The summed E-state index contributed by atoms with van der Waals surface area (Å²) in [7, 11) is 0. The van der Waals surface area contributed by atoms with Crippen molar-refractivity contribution in [3.8, 4) is 0 Å². The van der Waals surface area contributed by atoms with Crippen LogP contribution in [0.15, 0.2) is 41.4 Å². The molecule has 5 nitrogen and oxygen atoms in total. The predicted octanol–water partition coefficient (Wildman–Crippen LogP) is 0.969. The van der Waals surface area contributed by atoms with E-state index in [1.165, 1.54) is 17.3 Å². The van der Waals surface area contributed by atoms with E-state index in [4.69, 9.17) is 0 Å². The Balaban J connectivity index is 1.54. The number of nitrogens with one attached hydrogen (secondary N) is 3. The van der Waals surface area contributed by atoms with Gasteiger partial charge in [0.2, 0.25) is 5.91 Å². The van der Waals surface area contributed by atoms with E-state index in [2.05, 4.69) is 45.4 Å². The number of carbonyl (C=O) groups is 1. The number of carbonyl (C=O) groups excluding carboxylic acids is 1. The van der Waals surface area contributed by atoms with E-state index in [0.29, 0.717) is 11.7 Å². The highest BCUT2D eigenvalue weighted by atomic mass is 32.2. The van der Waals surface area contributed by atoms with Crippen LogP contribution in [0.25, 0.3) is 6.08 Å². The lowest BCUT2D eigenvalue weighted by molar-refractivity contribution is -0.123. The van der Waals surface area contributed by atoms with E-state index < -0.39 is 0 Å². The van der Waals surface area contributed by atoms with Gasteiger partial charge < -0.3 is 5.32 Å². The molecule has 0 bridgehead atoms. The average molecular weight is 288 g/mol. The summed E-state index contributed by atoms with van der Waals surface area (Å²) in [6.07, 6.45) is 4.00. The third-order valence-corrected chi connectivity index (χ3v) is 4.04. The normalized spacial score (nSPS) is 25.4. The van der Waals surface area contributed by atoms with Gasteiger partial charge in [-0.15, -0.1) is 0 Å². The smallest absolute Gasteiger partial charge is 0.233 e. The monoisotopic (exact) mass is 288 g/mol. The molecule has 3 N–H and O–H groups in total. The van der Waals surface area contributed by atoms with Gasteiger partial charge in [-0.3, -0.25) is 10.2 Å². The van der Waals surface area contributed by atoms with Crippen LogP contribution in [0, 0.1) is 5.92 Å². The van der Waals surface area contributed by atoms with Crippen LogP contribution in [0.1, 0.15) is 5.56 Å². The van der Waals surface area contributed by atoms with Crippen molar-refractivity contribution in [1.29, 1.82) is 0 Å². The van der Waals surface area contributed by atoms with Crippen molar-refractivity contribution in [2.24, 2.45) is 10.9 Å². The number of aliphatic imine (C=N–C) groups is 1. The van der Waals surface area contributed by atoms with Crippen molar-refractivity contribution in [1.82, 2.24) is 16.2 Å². The molecule has 0 spiro atoms. The highest BCUT2D eigenvalue weighted by Gasteiger charge is 2.36. The van der Waals surface area contributed by atoms with Gasteiger partial charge in [-0.1, -0.05) is 54.2 Å². The second-order valence-electron chi connectivity index (χ2n) is 4.62. The quantitative estimate of drug-likeness (QED) is 0.775. The molecule has 2 heterocycles. The van der Waals surface area contributed by atoms with Crippen LogP contribution in [0.3, 0.4) is 0 Å². The van der Waals surface area contributed by atoms with E-state index in [1.807, 2.05) is 18.2 Å². The molecule has 1 saturated heterocycles. The van der Waals surface area contributed by atoms with Gasteiger partial charge in [0.25, 0.3) is 0 Å². The Kier molecular flexibility index (Phi) is 4.15. The standard InChI is InChI=1S/C14H16N4OS/c19-13-11-9-15-18-12(11)16-14(17-13)20-8-4-7-10-5-2-1-3-6-10/h1-7,11-12,15,18H,8-9H2,(H,16,17,19)/b7-4+. The molecule has 0 radical (unpaired) electrons. The van der Waals surface area contributed by atoms with E-state index in [0.717, 1.165) is 5.75 Å². The molecule has 3 rings (SSSR count). The van der Waals surface area contributed by atoms with E-state index in [1.54, 1.807) is 0 Å². The molecule has 2 atom stereocenters. The summed E-state index contributed by atoms with van der Waals surface area (Å²) in [5.41, 5.74) is 7.14. The van der Waals surface area contributed by atoms with E-state index >= 15 is 0 Å². The first-order valence-electron chi connectivity index (χ1n) is 6.54. The molecule has 2 unspecified atom stereocenters. The number of thioether (sulfide) groups is 1. The largest absolute Gasteiger partial charge is 0.305 e. The number of amides is 1. The maximum absolute atomic E-state index is 11.8. The molecular formula is C14H16N4OS. The first kappa shape index (κ1) is 13.4. The van der Waals surface area contributed by atoms with Crippen molar-refractivity contribution in [2.75, 3.05) is 12.3 Å². The molecular weight excluding hydrogens is 272 g/mol. The summed E-state index contributed by atoms with van der Waals surface area (Å²) in [6, 6.07) is 10.1. The number of nitrogens with zero attached hydrogens (tertiary/aromatic N) is 1. The number of hydrazine groups is 1. The number of fused-ring (bicyclic) bond motifs is 1. The molecule has 2 aliphatic rings. The summed E-state index contributed by atoms with van der Waals surface area (Å²) < 4.78 is 0. The molecule has 1 aromatic rings. The van der Waals surface area contributed by atoms with E-state index in [9.17, 15) is 4.79 Å². The topological polar surface area (TPSA) is 65.5 Å². The first-order chi connectivity index (χ1) is 9.83. The molecule has 0 aromatic heterocycles. The second-order valence-corrected chi connectivity index (χ2v) is 5.63. The third kappa shape index (κ3) is 3.09. The molecule has 0 saturated carbocycles. The summed E-state index contributed by atoms with van der Waals surface area (Å²) >= 11 is 1.53. The van der Waals surface area contributed by atoms with Crippen molar-refractivity contribution in [3.63, 3.8) is 0 Å². The third-order valence-electron chi connectivity index (χ3n) is 3.20. The number of benzene rings is 1. The lowest BCUT2D eigenvalue weighted by Crippen LogP contribution is -2.46. The molecule has 1 fully saturated rings. The van der Waals surface area contributed by atoms with Gasteiger partial charge in [0, 0.05) is 12.3 Å². The Morgan fingerprint density at radius 3 is 3.05 bits per heavy atom. The lowest BCUT2D eigenvalue weighted by atomic mass is 10.1. The summed E-state index contributed by atoms with van der Waals surface area (Å²) in [4.78, 5) is 16.3. The molecule has 1 amide bonds. The Morgan fingerprint density at radius 2 is 2.20 bits per heavy atom. The van der Waals surface area contributed by atoms with Crippen LogP contribution in [-0.4, -0.2) is 29.5 Å². The van der Waals surface area contributed by atoms with Crippen molar-refractivity contribution in [3.05, 3.63) is 42.0 Å². The Bertz CT molecular complexity index is 543. The zero-order valence-electron chi connectivity index (χ0n) is 10.9. The van der Waals surface area contributed by atoms with Crippen LogP contribution in [-0.2, 0) is 4.79 Å². The van der Waals surface area contributed by atoms with Gasteiger partial charge in [0.05, 0.1) is 5.92 Å². The Morgan fingerprint density at radius 1 is 1.35 bits per heavy atom. The fraction of sp³-hybridized carbons (Fsp3) is 0.286. The van der Waals surface area contributed by atoms with Gasteiger partial charge in [-0.05, 0) is 5.56 Å². The van der Waals surface area contributed by atoms with Crippen molar-refractivity contribution < 1.29 is 4.79 Å². The maximum atomic E-state index is 11.8. The number of hydrogen-bond acceptors (Lipinski definition) is 5. The van der Waals surface area contributed by atoms with Crippen LogP contribution in [0.4, 0.5) is 0 Å². The van der Waals surface area contributed by atoms with Gasteiger partial charge in [-0.25, -0.2) is 10.4 Å². The van der Waals surface area contributed by atoms with Crippen LogP contribution < -0.4 is 16.2 Å². The molecule has 2 aliphatic heterocycles. The van der Waals surface area contributed by atoms with Gasteiger partial charge in [0.1, 0.15) is 6.17 Å². The van der Waals surface area contributed by atoms with E-state index in [-0.39, 0.29) is 18.0 Å². The molecule has 0 aliphatic carbocycles. The van der Waals surface area contributed by atoms with Gasteiger partial charge in [0.15, 0.2) is 5.17 Å². The van der Waals surface area contributed by atoms with Gasteiger partial charge >= 0.3 is 0 Å². The second kappa shape index (κ2) is 6.21. The molecule has 6 heteroatoms. The zero-order valence-corrected chi connectivity index (χ0v) is 11.7. The highest BCUT2D eigenvalue weighted by Crippen LogP contribution is 2.17. The minimum absolute atomic E-state index is 0.0389. The average Bonchev–Trinajstić information content (AvgIpc) is 2.94. The highest BCUT2D eigenvalue weighted by molar-refractivity contribution is 8.14. The fourth-order valence-electron chi connectivity index (χ4n) is 2.15. The van der Waals surface area contributed by atoms with Crippen LogP contribution in [0.2, 0.25) is 0 Å². The maximum Gasteiger partial charge on any atom is 0.233 e. The Labute approximate surface area is 121 Å². The minimum atomic E-state index is -0.135. The molecule has 104 valence electrons. The fourth-order valence-corrected chi connectivity index (χ4v) is 2.86. The summed E-state index contributed by atoms with van der Waals surface area (Å²) in [6.45, 7) is 0.631. The Hall–Kier alpha value is -1.63. The van der Waals surface area contributed by atoms with Crippen molar-refractivity contribution in [2.45, 2.75) is 6.17 Å². The van der Waals surface area contributed by atoms with Gasteiger partial charge in [-0.2, -0.15) is 0 Å². The first-order valence-corrected chi connectivity index (χ1v) is 7.53. The number of hydrogen-bond donors (Lipinski definition) is 3. The van der Waals surface area contributed by atoms with Crippen molar-refractivity contribution >= 4 is 28.9 Å². The summed E-state index contributed by atoms with van der Waals surface area (Å²) in [5.74, 6) is 0.718.